The quantitative estimate of drug-likeness (QED) is 0.706. The lowest BCUT2D eigenvalue weighted by Crippen LogP contribution is -2.24. The van der Waals surface area contributed by atoms with Crippen LogP contribution < -0.4 is 10.6 Å². The zero-order valence-electron chi connectivity index (χ0n) is 15.3. The van der Waals surface area contributed by atoms with Gasteiger partial charge in [0.2, 0.25) is 0 Å². The van der Waals surface area contributed by atoms with E-state index in [1.165, 1.54) is 11.1 Å². The predicted octanol–water partition coefficient (Wildman–Crippen LogP) is 4.68. The van der Waals surface area contributed by atoms with E-state index < -0.39 is 0 Å². The molecule has 0 aliphatic rings. The molecule has 0 bridgehead atoms. The molecule has 0 saturated carbocycles. The van der Waals surface area contributed by atoms with Crippen molar-refractivity contribution in [3.63, 3.8) is 0 Å². The Kier molecular flexibility index (Phi) is 5.32. The summed E-state index contributed by atoms with van der Waals surface area (Å²) in [7, 11) is 0. The van der Waals surface area contributed by atoms with Gasteiger partial charge in [0.1, 0.15) is 5.69 Å². The van der Waals surface area contributed by atoms with Gasteiger partial charge >= 0.3 is 0 Å². The molecule has 1 aromatic heterocycles. The first-order chi connectivity index (χ1) is 12.5. The summed E-state index contributed by atoms with van der Waals surface area (Å²) in [5, 5.41) is 6.26. The number of nitrogens with zero attached hydrogens (tertiary/aromatic N) is 1. The lowest BCUT2D eigenvalue weighted by molar-refractivity contribution is 0.0946. The van der Waals surface area contributed by atoms with Crippen LogP contribution in [0.1, 0.15) is 32.7 Å². The molecule has 2 N–H and O–H groups in total. The summed E-state index contributed by atoms with van der Waals surface area (Å²) >= 11 is 0. The standard InChI is InChI=1S/C22H23N3O/c1-15-8-9-19(12-17(15)3)25-20-10-11-23-21(13-20)22(26)24-14-18-7-5-4-6-16(18)2/h4-13H,14H2,1-3H3,(H,23,25)(H,24,26). The van der Waals surface area contributed by atoms with Crippen molar-refractivity contribution >= 4 is 17.3 Å². The molecule has 0 aliphatic heterocycles. The molecule has 3 rings (SSSR count). The molecule has 0 aliphatic carbocycles. The maximum atomic E-state index is 12.4. The van der Waals surface area contributed by atoms with Crippen LogP contribution in [-0.4, -0.2) is 10.9 Å². The third kappa shape index (κ3) is 4.28. The highest BCUT2D eigenvalue weighted by atomic mass is 16.1. The molecule has 3 aromatic rings. The molecule has 2 aromatic carbocycles. The highest BCUT2D eigenvalue weighted by Gasteiger charge is 2.09. The van der Waals surface area contributed by atoms with Crippen molar-refractivity contribution in [1.29, 1.82) is 0 Å². The SMILES string of the molecule is Cc1ccc(Nc2ccnc(C(=O)NCc3ccccc3C)c2)cc1C. The van der Waals surface area contributed by atoms with Gasteiger partial charge in [-0.2, -0.15) is 0 Å². The molecule has 0 saturated heterocycles. The summed E-state index contributed by atoms with van der Waals surface area (Å²) in [5.41, 5.74) is 6.96. The molecule has 1 amide bonds. The number of hydrogen-bond acceptors (Lipinski definition) is 3. The second-order valence-electron chi connectivity index (χ2n) is 6.46. The lowest BCUT2D eigenvalue weighted by atomic mass is 10.1. The summed E-state index contributed by atoms with van der Waals surface area (Å²) in [6.07, 6.45) is 1.64. The largest absolute Gasteiger partial charge is 0.355 e. The van der Waals surface area contributed by atoms with Crippen LogP contribution in [0, 0.1) is 20.8 Å². The number of benzene rings is 2. The number of carbonyl (C=O) groups excluding carboxylic acids is 1. The molecule has 132 valence electrons. The van der Waals surface area contributed by atoms with Gasteiger partial charge in [0, 0.05) is 24.1 Å². The fourth-order valence-electron chi connectivity index (χ4n) is 2.69. The van der Waals surface area contributed by atoms with Crippen molar-refractivity contribution in [2.24, 2.45) is 0 Å². The second-order valence-corrected chi connectivity index (χ2v) is 6.46. The molecule has 4 heteroatoms. The zero-order chi connectivity index (χ0) is 18.5. The molecule has 4 nitrogen and oxygen atoms in total. The number of rotatable bonds is 5. The summed E-state index contributed by atoms with van der Waals surface area (Å²) in [6.45, 7) is 6.69. The Morgan fingerprint density at radius 3 is 2.42 bits per heavy atom. The average Bonchev–Trinajstić information content (AvgIpc) is 2.64. The monoisotopic (exact) mass is 345 g/mol. The highest BCUT2D eigenvalue weighted by Crippen LogP contribution is 2.20. The normalized spacial score (nSPS) is 10.4. The zero-order valence-corrected chi connectivity index (χ0v) is 15.3. The minimum absolute atomic E-state index is 0.183. The molecular formula is C22H23N3O. The van der Waals surface area contributed by atoms with Crippen molar-refractivity contribution in [2.75, 3.05) is 5.32 Å². The van der Waals surface area contributed by atoms with Gasteiger partial charge in [-0.25, -0.2) is 0 Å². The third-order valence-electron chi connectivity index (χ3n) is 4.49. The second kappa shape index (κ2) is 7.83. The van der Waals surface area contributed by atoms with E-state index in [9.17, 15) is 4.79 Å². The van der Waals surface area contributed by atoms with Gasteiger partial charge in [0.05, 0.1) is 0 Å². The van der Waals surface area contributed by atoms with E-state index in [0.29, 0.717) is 12.2 Å². The molecule has 0 fully saturated rings. The van der Waals surface area contributed by atoms with E-state index in [-0.39, 0.29) is 5.91 Å². The summed E-state index contributed by atoms with van der Waals surface area (Å²) in [5.74, 6) is -0.183. The highest BCUT2D eigenvalue weighted by molar-refractivity contribution is 5.93. The van der Waals surface area contributed by atoms with Gasteiger partial charge in [-0.05, 0) is 67.3 Å². The van der Waals surface area contributed by atoms with Crippen LogP contribution in [0.2, 0.25) is 0 Å². The number of carbonyl (C=O) groups is 1. The minimum Gasteiger partial charge on any atom is -0.355 e. The van der Waals surface area contributed by atoms with E-state index in [0.717, 1.165) is 22.5 Å². The van der Waals surface area contributed by atoms with Crippen LogP contribution in [0.3, 0.4) is 0 Å². The van der Waals surface area contributed by atoms with E-state index in [4.69, 9.17) is 0 Å². The van der Waals surface area contributed by atoms with Crippen LogP contribution in [0.25, 0.3) is 0 Å². The predicted molar refractivity (Wildman–Crippen MR) is 106 cm³/mol. The van der Waals surface area contributed by atoms with Gasteiger partial charge < -0.3 is 10.6 Å². The number of nitrogens with one attached hydrogen (secondary N) is 2. The Morgan fingerprint density at radius 1 is 0.885 bits per heavy atom. The van der Waals surface area contributed by atoms with Gasteiger partial charge in [0.15, 0.2) is 0 Å². The molecular weight excluding hydrogens is 322 g/mol. The van der Waals surface area contributed by atoms with Gasteiger partial charge in [-0.3, -0.25) is 9.78 Å². The van der Waals surface area contributed by atoms with E-state index >= 15 is 0 Å². The maximum absolute atomic E-state index is 12.4. The Balaban J connectivity index is 1.69. The van der Waals surface area contributed by atoms with E-state index in [1.807, 2.05) is 43.3 Å². The third-order valence-corrected chi connectivity index (χ3v) is 4.49. The fraction of sp³-hybridized carbons (Fsp3) is 0.182. The van der Waals surface area contributed by atoms with Crippen LogP contribution >= 0.6 is 0 Å². The van der Waals surface area contributed by atoms with Crippen molar-refractivity contribution in [1.82, 2.24) is 10.3 Å². The molecule has 1 heterocycles. The molecule has 0 atom stereocenters. The molecule has 0 spiro atoms. The molecule has 0 unspecified atom stereocenters. The summed E-state index contributed by atoms with van der Waals surface area (Å²) in [6, 6.07) is 17.8. The summed E-state index contributed by atoms with van der Waals surface area (Å²) < 4.78 is 0. The van der Waals surface area contributed by atoms with Crippen molar-refractivity contribution in [3.8, 4) is 0 Å². The van der Waals surface area contributed by atoms with E-state index in [1.54, 1.807) is 12.3 Å². The van der Waals surface area contributed by atoms with Crippen molar-refractivity contribution < 1.29 is 4.79 Å². The van der Waals surface area contributed by atoms with Crippen molar-refractivity contribution in [3.05, 3.63) is 88.7 Å². The van der Waals surface area contributed by atoms with Gasteiger partial charge in [-0.15, -0.1) is 0 Å². The van der Waals surface area contributed by atoms with Crippen LogP contribution in [0.5, 0.6) is 0 Å². The smallest absolute Gasteiger partial charge is 0.270 e. The average molecular weight is 345 g/mol. The first-order valence-corrected chi connectivity index (χ1v) is 8.66. The first kappa shape index (κ1) is 17.7. The van der Waals surface area contributed by atoms with Crippen LogP contribution in [-0.2, 0) is 6.54 Å². The number of amides is 1. The number of pyridine rings is 1. The summed E-state index contributed by atoms with van der Waals surface area (Å²) in [4.78, 5) is 16.6. The first-order valence-electron chi connectivity index (χ1n) is 8.66. The van der Waals surface area contributed by atoms with Crippen LogP contribution in [0.15, 0.2) is 60.8 Å². The molecule has 0 radical (unpaired) electrons. The Bertz CT molecular complexity index is 934. The minimum atomic E-state index is -0.183. The Morgan fingerprint density at radius 2 is 1.65 bits per heavy atom. The Hall–Kier alpha value is -3.14. The van der Waals surface area contributed by atoms with E-state index in [2.05, 4.69) is 41.6 Å². The lowest BCUT2D eigenvalue weighted by Gasteiger charge is -2.11. The number of anilines is 2. The van der Waals surface area contributed by atoms with Crippen molar-refractivity contribution in [2.45, 2.75) is 27.3 Å². The number of aromatic nitrogens is 1. The topological polar surface area (TPSA) is 54.0 Å². The fourth-order valence-corrected chi connectivity index (χ4v) is 2.69. The van der Waals surface area contributed by atoms with Gasteiger partial charge in [0.25, 0.3) is 5.91 Å². The van der Waals surface area contributed by atoms with Gasteiger partial charge in [-0.1, -0.05) is 30.3 Å². The maximum Gasteiger partial charge on any atom is 0.270 e. The van der Waals surface area contributed by atoms with Crippen LogP contribution in [0.4, 0.5) is 11.4 Å². The molecule has 26 heavy (non-hydrogen) atoms. The Labute approximate surface area is 154 Å². The number of aryl methyl sites for hydroxylation is 3. The number of hydrogen-bond donors (Lipinski definition) is 2.